The number of aromatic nitrogens is 1. The van der Waals surface area contributed by atoms with Crippen molar-refractivity contribution < 1.29 is 4.42 Å². The van der Waals surface area contributed by atoms with Crippen molar-refractivity contribution in [3.63, 3.8) is 0 Å². The summed E-state index contributed by atoms with van der Waals surface area (Å²) in [4.78, 5) is 0. The maximum Gasteiger partial charge on any atom is 0.179 e. The van der Waals surface area contributed by atoms with Gasteiger partial charge < -0.3 is 8.98 Å². The molecule has 10 aromatic rings. The summed E-state index contributed by atoms with van der Waals surface area (Å²) in [6, 6.07) is 73.2. The van der Waals surface area contributed by atoms with E-state index in [1.807, 2.05) is 6.07 Å². The minimum absolute atomic E-state index is 0.917. The molecule has 0 aliphatic heterocycles. The molecule has 0 aliphatic carbocycles. The van der Waals surface area contributed by atoms with E-state index < -0.39 is 8.07 Å². The summed E-state index contributed by atoms with van der Waals surface area (Å²) in [5, 5.41) is 10.2. The summed E-state index contributed by atoms with van der Waals surface area (Å²) in [6.07, 6.45) is 0. The maximum atomic E-state index is 6.46. The summed E-state index contributed by atoms with van der Waals surface area (Å²) < 4.78 is 8.86. The van der Waals surface area contributed by atoms with Gasteiger partial charge in [0.2, 0.25) is 0 Å². The Bertz CT molecular complexity index is 2800. The predicted molar refractivity (Wildman–Crippen MR) is 217 cm³/mol. The lowest BCUT2D eigenvalue weighted by Crippen LogP contribution is -2.74. The molecule has 3 heteroatoms. The summed E-state index contributed by atoms with van der Waals surface area (Å²) in [6.45, 7) is 0. The molecule has 0 unspecified atom stereocenters. The highest BCUT2D eigenvalue weighted by atomic mass is 28.3. The fourth-order valence-electron chi connectivity index (χ4n) is 8.31. The van der Waals surface area contributed by atoms with Crippen LogP contribution >= 0.6 is 0 Å². The second kappa shape index (κ2) is 11.9. The monoisotopic (exact) mass is 667 g/mol. The van der Waals surface area contributed by atoms with E-state index in [0.717, 1.165) is 33.1 Å². The second-order valence-corrected chi connectivity index (χ2v) is 17.1. The second-order valence-electron chi connectivity index (χ2n) is 13.3. The van der Waals surface area contributed by atoms with Gasteiger partial charge in [0, 0.05) is 32.8 Å². The van der Waals surface area contributed by atoms with E-state index in [1.165, 1.54) is 48.2 Å². The smallest absolute Gasteiger partial charge is 0.179 e. The summed E-state index contributed by atoms with van der Waals surface area (Å²) in [7, 11) is -2.81. The lowest BCUT2D eigenvalue weighted by Gasteiger charge is -2.34. The van der Waals surface area contributed by atoms with Crippen LogP contribution in [0.4, 0.5) is 0 Å². The topological polar surface area (TPSA) is 18.1 Å². The lowest BCUT2D eigenvalue weighted by atomic mass is 10.0. The highest BCUT2D eigenvalue weighted by Gasteiger charge is 2.41. The Morgan fingerprint density at radius 2 is 0.922 bits per heavy atom. The number of furan rings is 1. The number of hydrogen-bond donors (Lipinski definition) is 0. The fraction of sp³-hybridized carbons (Fsp3) is 0. The first-order chi connectivity index (χ1) is 25.3. The molecule has 240 valence electrons. The molecule has 0 saturated heterocycles. The molecule has 0 bridgehead atoms. The van der Waals surface area contributed by atoms with E-state index in [9.17, 15) is 0 Å². The van der Waals surface area contributed by atoms with Crippen molar-refractivity contribution in [3.8, 4) is 16.8 Å². The number of hydrogen-bond acceptors (Lipinski definition) is 1. The Hall–Kier alpha value is -6.42. The van der Waals surface area contributed by atoms with Crippen molar-refractivity contribution in [2.45, 2.75) is 0 Å². The molecule has 8 aromatic carbocycles. The Labute approximate surface area is 297 Å². The molecule has 0 radical (unpaired) electrons. The van der Waals surface area contributed by atoms with Crippen LogP contribution in [0.3, 0.4) is 0 Å². The number of benzene rings is 8. The average Bonchev–Trinajstić information content (AvgIpc) is 3.76. The van der Waals surface area contributed by atoms with Crippen LogP contribution in [0.25, 0.3) is 60.6 Å². The zero-order valence-corrected chi connectivity index (χ0v) is 28.9. The van der Waals surface area contributed by atoms with Gasteiger partial charge >= 0.3 is 0 Å². The summed E-state index contributed by atoms with van der Waals surface area (Å²) >= 11 is 0. The molecular formula is C48H33NOSi. The van der Waals surface area contributed by atoms with Crippen molar-refractivity contribution in [1.82, 2.24) is 4.57 Å². The van der Waals surface area contributed by atoms with Gasteiger partial charge in [-0.15, -0.1) is 0 Å². The lowest BCUT2D eigenvalue weighted by molar-refractivity contribution is 0.670. The molecule has 2 aromatic heterocycles. The van der Waals surface area contributed by atoms with Gasteiger partial charge in [0.05, 0.1) is 11.0 Å². The maximum absolute atomic E-state index is 6.46. The summed E-state index contributed by atoms with van der Waals surface area (Å²) in [5.74, 6) is 0. The normalized spacial score (nSPS) is 11.9. The number of nitrogens with zero attached hydrogens (tertiary/aromatic N) is 1. The van der Waals surface area contributed by atoms with Crippen LogP contribution in [0.15, 0.2) is 205 Å². The SMILES string of the molecule is c1ccc(-n2c3ccccc3c3cc([Si](c4ccccc4)(c4ccccc4)c4ccc(-c5cccc6c5oc5ccccc56)cc4)ccc32)cc1. The number of rotatable bonds is 6. The van der Waals surface area contributed by atoms with Crippen molar-refractivity contribution in [2.24, 2.45) is 0 Å². The van der Waals surface area contributed by atoms with Crippen LogP contribution in [-0.4, -0.2) is 12.6 Å². The van der Waals surface area contributed by atoms with E-state index in [0.29, 0.717) is 0 Å². The van der Waals surface area contributed by atoms with Gasteiger partial charge in [0.1, 0.15) is 11.2 Å². The van der Waals surface area contributed by atoms with Crippen molar-refractivity contribution >= 4 is 72.6 Å². The number of para-hydroxylation sites is 4. The van der Waals surface area contributed by atoms with E-state index in [4.69, 9.17) is 4.42 Å². The standard InChI is InChI=1S/C48H33NOSi/c1-4-15-35(16-5-1)49-45-25-12-10-21-41(45)44-33-39(31-32-46(44)49)51(36-17-6-2-7-18-36,37-19-8-3-9-20-37)38-29-27-34(28-30-38)40-23-14-24-43-42-22-11-13-26-47(42)50-48(40)43/h1-33H. The minimum Gasteiger partial charge on any atom is -0.455 e. The van der Waals surface area contributed by atoms with E-state index >= 15 is 0 Å². The van der Waals surface area contributed by atoms with Crippen molar-refractivity contribution in [2.75, 3.05) is 0 Å². The van der Waals surface area contributed by atoms with Crippen LogP contribution in [0, 0.1) is 0 Å². The third kappa shape index (κ3) is 4.56. The first-order valence-corrected chi connectivity index (χ1v) is 19.5. The molecule has 51 heavy (non-hydrogen) atoms. The molecule has 2 nitrogen and oxygen atoms in total. The molecule has 2 heterocycles. The molecule has 0 saturated carbocycles. The Kier molecular flexibility index (Phi) is 6.86. The first kappa shape index (κ1) is 29.5. The molecule has 0 amide bonds. The predicted octanol–water partition coefficient (Wildman–Crippen LogP) is 9.73. The van der Waals surface area contributed by atoms with Crippen molar-refractivity contribution in [1.29, 1.82) is 0 Å². The minimum atomic E-state index is -2.81. The van der Waals surface area contributed by atoms with E-state index in [1.54, 1.807) is 0 Å². The third-order valence-corrected chi connectivity index (χ3v) is 15.3. The highest BCUT2D eigenvalue weighted by Crippen LogP contribution is 2.36. The first-order valence-electron chi connectivity index (χ1n) is 17.5. The van der Waals surface area contributed by atoms with Gasteiger partial charge in [-0.3, -0.25) is 0 Å². The molecule has 0 atom stereocenters. The van der Waals surface area contributed by atoms with Gasteiger partial charge in [-0.05, 0) is 56.6 Å². The van der Waals surface area contributed by atoms with Crippen LogP contribution in [-0.2, 0) is 0 Å². The van der Waals surface area contributed by atoms with E-state index in [2.05, 4.69) is 199 Å². The average molecular weight is 668 g/mol. The van der Waals surface area contributed by atoms with Crippen LogP contribution < -0.4 is 20.7 Å². The van der Waals surface area contributed by atoms with Gasteiger partial charge in [-0.2, -0.15) is 0 Å². The number of fused-ring (bicyclic) bond motifs is 6. The van der Waals surface area contributed by atoms with Crippen LogP contribution in [0.2, 0.25) is 0 Å². The molecule has 0 fully saturated rings. The zero-order valence-electron chi connectivity index (χ0n) is 27.9. The van der Waals surface area contributed by atoms with E-state index in [-0.39, 0.29) is 0 Å². The summed E-state index contributed by atoms with van der Waals surface area (Å²) in [5.41, 5.74) is 7.70. The Morgan fingerprint density at radius 3 is 1.65 bits per heavy atom. The van der Waals surface area contributed by atoms with Crippen LogP contribution in [0.1, 0.15) is 0 Å². The Morgan fingerprint density at radius 1 is 0.373 bits per heavy atom. The van der Waals surface area contributed by atoms with Gasteiger partial charge in [-0.25, -0.2) is 0 Å². The largest absolute Gasteiger partial charge is 0.455 e. The van der Waals surface area contributed by atoms with Gasteiger partial charge in [0.15, 0.2) is 8.07 Å². The quantitative estimate of drug-likeness (QED) is 0.128. The highest BCUT2D eigenvalue weighted by molar-refractivity contribution is 7.20. The zero-order chi connectivity index (χ0) is 33.8. The third-order valence-electron chi connectivity index (χ3n) is 10.6. The van der Waals surface area contributed by atoms with Gasteiger partial charge in [0.25, 0.3) is 0 Å². The molecule has 0 aliphatic rings. The molecule has 0 spiro atoms. The van der Waals surface area contributed by atoms with Crippen molar-refractivity contribution in [3.05, 3.63) is 200 Å². The molecule has 10 rings (SSSR count). The Balaban J connectivity index is 1.23. The van der Waals surface area contributed by atoms with Gasteiger partial charge in [-0.1, -0.05) is 170 Å². The molecule has 0 N–H and O–H groups in total. The fourth-order valence-corrected chi connectivity index (χ4v) is 13.1. The van der Waals surface area contributed by atoms with Crippen LogP contribution in [0.5, 0.6) is 0 Å². The molecular weight excluding hydrogens is 635 g/mol.